The molecule has 19 heavy (non-hydrogen) atoms. The molecule has 2 N–H and O–H groups in total. The topological polar surface area (TPSA) is 74.2 Å². The van der Waals surface area contributed by atoms with Gasteiger partial charge in [0.2, 0.25) is 11.7 Å². The van der Waals surface area contributed by atoms with Gasteiger partial charge < -0.3 is 15.0 Å². The van der Waals surface area contributed by atoms with E-state index < -0.39 is 5.54 Å². The Bertz CT molecular complexity index is 397. The first-order chi connectivity index (χ1) is 9.09. The summed E-state index contributed by atoms with van der Waals surface area (Å²) in [4.78, 5) is 4.49. The molecule has 1 unspecified atom stereocenters. The average molecular weight is 267 g/mol. The van der Waals surface area contributed by atoms with Gasteiger partial charge in [0.15, 0.2) is 0 Å². The van der Waals surface area contributed by atoms with Crippen LogP contribution in [0.4, 0.5) is 0 Å². The van der Waals surface area contributed by atoms with E-state index in [1.165, 1.54) is 0 Å². The van der Waals surface area contributed by atoms with Crippen molar-refractivity contribution < 1.29 is 9.26 Å². The zero-order valence-electron chi connectivity index (χ0n) is 12.2. The van der Waals surface area contributed by atoms with Crippen LogP contribution >= 0.6 is 0 Å². The van der Waals surface area contributed by atoms with Crippen LogP contribution in [0.2, 0.25) is 0 Å². The Morgan fingerprint density at radius 2 is 2.11 bits per heavy atom. The molecule has 5 heteroatoms. The molecular formula is C14H25N3O2. The van der Waals surface area contributed by atoms with Gasteiger partial charge in [0.05, 0.1) is 5.54 Å². The van der Waals surface area contributed by atoms with Crippen LogP contribution in [0, 0.1) is 5.92 Å². The summed E-state index contributed by atoms with van der Waals surface area (Å²) in [5.74, 6) is 1.95. The Hall–Kier alpha value is -0.940. The van der Waals surface area contributed by atoms with E-state index in [1.54, 1.807) is 0 Å². The summed E-state index contributed by atoms with van der Waals surface area (Å²) in [5, 5.41) is 4.05. The first-order valence-electron chi connectivity index (χ1n) is 7.33. The molecular weight excluding hydrogens is 242 g/mol. The summed E-state index contributed by atoms with van der Waals surface area (Å²) in [6, 6.07) is 0. The van der Waals surface area contributed by atoms with Gasteiger partial charge >= 0.3 is 0 Å². The Morgan fingerprint density at radius 1 is 1.42 bits per heavy atom. The van der Waals surface area contributed by atoms with Crippen LogP contribution in [-0.4, -0.2) is 16.7 Å². The Kier molecular flexibility index (Phi) is 4.58. The Morgan fingerprint density at radius 3 is 2.68 bits per heavy atom. The molecule has 5 nitrogen and oxygen atoms in total. The highest BCUT2D eigenvalue weighted by Gasteiger charge is 2.37. The van der Waals surface area contributed by atoms with Gasteiger partial charge in [-0.25, -0.2) is 0 Å². The molecule has 0 aliphatic heterocycles. The van der Waals surface area contributed by atoms with Crippen molar-refractivity contribution in [2.24, 2.45) is 11.7 Å². The molecule has 0 saturated heterocycles. The van der Waals surface area contributed by atoms with Crippen LogP contribution in [0.15, 0.2) is 4.52 Å². The minimum atomic E-state index is -0.442. The van der Waals surface area contributed by atoms with Crippen LogP contribution in [-0.2, 0) is 10.3 Å². The lowest BCUT2D eigenvalue weighted by atomic mass is 9.78. The van der Waals surface area contributed by atoms with E-state index in [0.29, 0.717) is 18.3 Å². The van der Waals surface area contributed by atoms with E-state index in [1.807, 2.05) is 6.92 Å². The van der Waals surface area contributed by atoms with Crippen molar-refractivity contribution in [3.63, 3.8) is 0 Å². The molecule has 0 spiro atoms. The van der Waals surface area contributed by atoms with Crippen molar-refractivity contribution in [3.05, 3.63) is 11.7 Å². The highest BCUT2D eigenvalue weighted by atomic mass is 16.5. The fourth-order valence-electron chi connectivity index (χ4n) is 2.64. The van der Waals surface area contributed by atoms with Crippen molar-refractivity contribution in [1.82, 2.24) is 10.1 Å². The first-order valence-corrected chi connectivity index (χ1v) is 7.33. The fourth-order valence-corrected chi connectivity index (χ4v) is 2.64. The monoisotopic (exact) mass is 267 g/mol. The van der Waals surface area contributed by atoms with Gasteiger partial charge in [0.1, 0.15) is 6.10 Å². The van der Waals surface area contributed by atoms with E-state index in [2.05, 4.69) is 24.0 Å². The lowest BCUT2D eigenvalue weighted by molar-refractivity contribution is 0.0518. The van der Waals surface area contributed by atoms with Crippen LogP contribution in [0.5, 0.6) is 0 Å². The largest absolute Gasteiger partial charge is 0.370 e. The maximum absolute atomic E-state index is 6.43. The fraction of sp³-hybridized carbons (Fsp3) is 0.857. The van der Waals surface area contributed by atoms with Crippen LogP contribution < -0.4 is 5.73 Å². The minimum absolute atomic E-state index is 0.0892. The highest BCUT2D eigenvalue weighted by Crippen LogP contribution is 2.37. The third-order valence-corrected chi connectivity index (χ3v) is 4.06. The van der Waals surface area contributed by atoms with Crippen molar-refractivity contribution in [2.45, 2.75) is 64.5 Å². The highest BCUT2D eigenvalue weighted by molar-refractivity contribution is 5.05. The molecule has 1 saturated carbocycles. The number of hydrogen-bond donors (Lipinski definition) is 1. The maximum Gasteiger partial charge on any atom is 0.246 e. The summed E-state index contributed by atoms with van der Waals surface area (Å²) < 4.78 is 11.0. The van der Waals surface area contributed by atoms with Gasteiger partial charge in [-0.1, -0.05) is 19.0 Å². The second-order valence-electron chi connectivity index (χ2n) is 5.65. The normalized spacial score (nSPS) is 29.4. The van der Waals surface area contributed by atoms with E-state index in [9.17, 15) is 0 Å². The standard InChI is InChI=1S/C14H25N3O2/c1-4-11(18-5-2)12-16-13(19-17-12)14(15)8-6-10(3)7-9-14/h10-11H,4-9,15H2,1-3H3. The lowest BCUT2D eigenvalue weighted by Gasteiger charge is -2.32. The summed E-state index contributed by atoms with van der Waals surface area (Å²) in [5.41, 5.74) is 5.99. The van der Waals surface area contributed by atoms with E-state index in [4.69, 9.17) is 15.0 Å². The third kappa shape index (κ3) is 3.15. The van der Waals surface area contributed by atoms with Gasteiger partial charge in [-0.15, -0.1) is 0 Å². The maximum atomic E-state index is 6.43. The van der Waals surface area contributed by atoms with Gasteiger partial charge in [-0.05, 0) is 44.9 Å². The third-order valence-electron chi connectivity index (χ3n) is 4.06. The van der Waals surface area contributed by atoms with Crippen molar-refractivity contribution in [1.29, 1.82) is 0 Å². The van der Waals surface area contributed by atoms with Crippen LogP contribution in [0.25, 0.3) is 0 Å². The quantitative estimate of drug-likeness (QED) is 0.887. The summed E-state index contributed by atoms with van der Waals surface area (Å²) in [7, 11) is 0. The number of hydrogen-bond acceptors (Lipinski definition) is 5. The first kappa shape index (κ1) is 14.5. The Labute approximate surface area is 114 Å². The smallest absolute Gasteiger partial charge is 0.246 e. The molecule has 0 aromatic carbocycles. The van der Waals surface area contributed by atoms with Crippen molar-refractivity contribution >= 4 is 0 Å². The second-order valence-corrected chi connectivity index (χ2v) is 5.65. The Balaban J connectivity index is 2.11. The number of ether oxygens (including phenoxy) is 1. The molecule has 108 valence electrons. The minimum Gasteiger partial charge on any atom is -0.370 e. The summed E-state index contributed by atoms with van der Waals surface area (Å²) in [6.07, 6.45) is 4.83. The zero-order chi connectivity index (χ0) is 13.9. The molecule has 0 amide bonds. The average Bonchev–Trinajstić information content (AvgIpc) is 2.90. The lowest BCUT2D eigenvalue weighted by Crippen LogP contribution is -2.40. The van der Waals surface area contributed by atoms with Gasteiger partial charge in [0, 0.05) is 6.61 Å². The van der Waals surface area contributed by atoms with Crippen LogP contribution in [0.3, 0.4) is 0 Å². The van der Waals surface area contributed by atoms with Gasteiger partial charge in [-0.3, -0.25) is 0 Å². The molecule has 0 bridgehead atoms. The zero-order valence-corrected chi connectivity index (χ0v) is 12.2. The molecule has 1 aliphatic rings. The number of aromatic nitrogens is 2. The van der Waals surface area contributed by atoms with E-state index in [0.717, 1.165) is 38.0 Å². The summed E-state index contributed by atoms with van der Waals surface area (Å²) in [6.45, 7) is 6.93. The number of nitrogens with two attached hydrogens (primary N) is 1. The van der Waals surface area contributed by atoms with Gasteiger partial charge in [0.25, 0.3) is 0 Å². The molecule has 1 aromatic rings. The molecule has 2 rings (SSSR count). The second kappa shape index (κ2) is 6.01. The van der Waals surface area contributed by atoms with Gasteiger partial charge in [-0.2, -0.15) is 4.98 Å². The van der Waals surface area contributed by atoms with E-state index >= 15 is 0 Å². The molecule has 1 aromatic heterocycles. The van der Waals surface area contributed by atoms with Crippen molar-refractivity contribution in [2.75, 3.05) is 6.61 Å². The SMILES string of the molecule is CCOC(CC)c1noc(C2(N)CCC(C)CC2)n1. The molecule has 1 heterocycles. The molecule has 0 radical (unpaired) electrons. The molecule has 1 fully saturated rings. The van der Waals surface area contributed by atoms with Crippen LogP contribution in [0.1, 0.15) is 70.7 Å². The molecule has 1 aliphatic carbocycles. The summed E-state index contributed by atoms with van der Waals surface area (Å²) >= 11 is 0. The predicted octanol–water partition coefficient (Wildman–Crippen LogP) is 2.92. The predicted molar refractivity (Wildman–Crippen MR) is 72.5 cm³/mol. The molecule has 1 atom stereocenters. The van der Waals surface area contributed by atoms with E-state index in [-0.39, 0.29) is 6.10 Å². The number of rotatable bonds is 5. The number of nitrogens with zero attached hydrogens (tertiary/aromatic N) is 2. The van der Waals surface area contributed by atoms with Crippen molar-refractivity contribution in [3.8, 4) is 0 Å².